The second-order valence-electron chi connectivity index (χ2n) is 3.74. The quantitative estimate of drug-likeness (QED) is 0.599. The van der Waals surface area contributed by atoms with E-state index in [4.69, 9.17) is 5.73 Å². The molecule has 0 atom stereocenters. The minimum absolute atomic E-state index is 0.597. The van der Waals surface area contributed by atoms with Gasteiger partial charge in [0.1, 0.15) is 0 Å². The van der Waals surface area contributed by atoms with Gasteiger partial charge >= 0.3 is 0 Å². The van der Waals surface area contributed by atoms with Crippen LogP contribution in [0.5, 0.6) is 0 Å². The highest BCUT2D eigenvalue weighted by Gasteiger charge is 2.25. The SMILES string of the molecule is CCc1ccsc1CN=C(N)C1CC1. The van der Waals surface area contributed by atoms with E-state index in [0.29, 0.717) is 5.92 Å². The summed E-state index contributed by atoms with van der Waals surface area (Å²) in [6.07, 6.45) is 3.57. The molecule has 0 radical (unpaired) electrons. The first-order valence-electron chi connectivity index (χ1n) is 5.16. The largest absolute Gasteiger partial charge is 0.387 e. The Kier molecular flexibility index (Phi) is 2.87. The molecule has 0 aliphatic heterocycles. The fraction of sp³-hybridized carbons (Fsp3) is 0.545. The minimum Gasteiger partial charge on any atom is -0.387 e. The zero-order valence-electron chi connectivity index (χ0n) is 8.49. The van der Waals surface area contributed by atoms with Crippen molar-refractivity contribution in [3.8, 4) is 0 Å². The Balaban J connectivity index is 1.99. The molecule has 0 aromatic carbocycles. The van der Waals surface area contributed by atoms with Crippen molar-refractivity contribution in [2.24, 2.45) is 16.6 Å². The maximum atomic E-state index is 5.84. The van der Waals surface area contributed by atoms with E-state index in [1.54, 1.807) is 11.3 Å². The van der Waals surface area contributed by atoms with Crippen LogP contribution in [-0.4, -0.2) is 5.84 Å². The van der Waals surface area contributed by atoms with Crippen LogP contribution in [0, 0.1) is 5.92 Å². The number of nitrogens with zero attached hydrogens (tertiary/aromatic N) is 1. The molecular formula is C11H16N2S. The minimum atomic E-state index is 0.597. The first-order valence-corrected chi connectivity index (χ1v) is 6.04. The van der Waals surface area contributed by atoms with Crippen molar-refractivity contribution < 1.29 is 0 Å². The van der Waals surface area contributed by atoms with Gasteiger partial charge in [-0.05, 0) is 36.3 Å². The summed E-state index contributed by atoms with van der Waals surface area (Å²) >= 11 is 1.79. The first kappa shape index (κ1) is 9.71. The van der Waals surface area contributed by atoms with Crippen molar-refractivity contribution in [3.05, 3.63) is 21.9 Å². The van der Waals surface area contributed by atoms with Gasteiger partial charge in [-0.2, -0.15) is 0 Å². The Morgan fingerprint density at radius 2 is 2.43 bits per heavy atom. The molecule has 0 bridgehead atoms. The van der Waals surface area contributed by atoms with E-state index in [-0.39, 0.29) is 0 Å². The molecule has 1 heterocycles. The molecule has 0 unspecified atom stereocenters. The Hall–Kier alpha value is -0.830. The number of nitrogens with two attached hydrogens (primary N) is 1. The predicted octanol–water partition coefficient (Wildman–Crippen LogP) is 2.58. The van der Waals surface area contributed by atoms with E-state index >= 15 is 0 Å². The topological polar surface area (TPSA) is 38.4 Å². The summed E-state index contributed by atoms with van der Waals surface area (Å²) in [4.78, 5) is 5.81. The van der Waals surface area contributed by atoms with Gasteiger partial charge in [-0.15, -0.1) is 11.3 Å². The third-order valence-electron chi connectivity index (χ3n) is 2.62. The summed E-state index contributed by atoms with van der Waals surface area (Å²) in [5.41, 5.74) is 7.26. The van der Waals surface area contributed by atoms with Crippen molar-refractivity contribution in [3.63, 3.8) is 0 Å². The second-order valence-corrected chi connectivity index (χ2v) is 4.74. The van der Waals surface area contributed by atoms with Crippen LogP contribution in [0.3, 0.4) is 0 Å². The Labute approximate surface area is 88.9 Å². The van der Waals surface area contributed by atoms with Crippen LogP contribution in [0.4, 0.5) is 0 Å². The summed E-state index contributed by atoms with van der Waals surface area (Å²) in [5.74, 6) is 1.46. The van der Waals surface area contributed by atoms with Gasteiger partial charge in [0.05, 0.1) is 12.4 Å². The number of amidine groups is 1. The highest BCUT2D eigenvalue weighted by Crippen LogP contribution is 2.29. The summed E-state index contributed by atoms with van der Waals surface area (Å²) < 4.78 is 0. The monoisotopic (exact) mass is 208 g/mol. The zero-order valence-corrected chi connectivity index (χ0v) is 9.31. The van der Waals surface area contributed by atoms with Crippen LogP contribution in [0.2, 0.25) is 0 Å². The van der Waals surface area contributed by atoms with Crippen molar-refractivity contribution in [1.29, 1.82) is 0 Å². The van der Waals surface area contributed by atoms with Crippen LogP contribution in [0.15, 0.2) is 16.4 Å². The van der Waals surface area contributed by atoms with E-state index < -0.39 is 0 Å². The van der Waals surface area contributed by atoms with E-state index in [2.05, 4.69) is 23.4 Å². The van der Waals surface area contributed by atoms with Gasteiger partial charge in [-0.1, -0.05) is 6.92 Å². The maximum absolute atomic E-state index is 5.84. The molecule has 2 N–H and O–H groups in total. The molecule has 0 amide bonds. The smallest absolute Gasteiger partial charge is 0.0972 e. The molecule has 14 heavy (non-hydrogen) atoms. The third kappa shape index (κ3) is 2.15. The zero-order chi connectivity index (χ0) is 9.97. The third-order valence-corrected chi connectivity index (χ3v) is 3.57. The lowest BCUT2D eigenvalue weighted by atomic mass is 10.2. The van der Waals surface area contributed by atoms with E-state index in [1.165, 1.54) is 23.3 Å². The highest BCUT2D eigenvalue weighted by atomic mass is 32.1. The molecule has 3 heteroatoms. The van der Waals surface area contributed by atoms with Gasteiger partial charge in [-0.25, -0.2) is 0 Å². The molecule has 1 aromatic heterocycles. The van der Waals surface area contributed by atoms with E-state index in [1.807, 2.05) is 0 Å². The number of hydrogen-bond donors (Lipinski definition) is 1. The van der Waals surface area contributed by atoms with Crippen LogP contribution >= 0.6 is 11.3 Å². The number of aryl methyl sites for hydroxylation is 1. The molecule has 1 aromatic rings. The standard InChI is InChI=1S/C11H16N2S/c1-2-8-5-6-14-10(8)7-13-11(12)9-3-4-9/h5-6,9H,2-4,7H2,1H3,(H2,12,13). The van der Waals surface area contributed by atoms with E-state index in [9.17, 15) is 0 Å². The van der Waals surface area contributed by atoms with Gasteiger partial charge in [0.15, 0.2) is 0 Å². The molecule has 1 aliphatic carbocycles. The lowest BCUT2D eigenvalue weighted by Crippen LogP contribution is -2.14. The molecule has 1 aliphatic rings. The molecule has 0 saturated heterocycles. The molecule has 2 rings (SSSR count). The van der Waals surface area contributed by atoms with Gasteiger partial charge in [0.2, 0.25) is 0 Å². The van der Waals surface area contributed by atoms with Crippen LogP contribution in [0.25, 0.3) is 0 Å². The van der Waals surface area contributed by atoms with Crippen LogP contribution < -0.4 is 5.73 Å². The lowest BCUT2D eigenvalue weighted by Gasteiger charge is -1.99. The number of aliphatic imine (C=N–C) groups is 1. The number of rotatable bonds is 4. The van der Waals surface area contributed by atoms with Gasteiger partial charge < -0.3 is 5.73 Å². The average Bonchev–Trinajstić information content (AvgIpc) is 2.94. The molecule has 1 saturated carbocycles. The summed E-state index contributed by atoms with van der Waals surface area (Å²) in [7, 11) is 0. The Bertz CT molecular complexity index is 337. The lowest BCUT2D eigenvalue weighted by molar-refractivity contribution is 1.01. The summed E-state index contributed by atoms with van der Waals surface area (Å²) in [5, 5.41) is 2.14. The molecule has 1 fully saturated rings. The summed E-state index contributed by atoms with van der Waals surface area (Å²) in [6, 6.07) is 2.18. The number of thiophene rings is 1. The maximum Gasteiger partial charge on any atom is 0.0972 e. The Morgan fingerprint density at radius 3 is 3.07 bits per heavy atom. The van der Waals surface area contributed by atoms with Crippen molar-refractivity contribution in [2.75, 3.05) is 0 Å². The van der Waals surface area contributed by atoms with E-state index in [0.717, 1.165) is 18.8 Å². The highest BCUT2D eigenvalue weighted by molar-refractivity contribution is 7.10. The normalized spacial score (nSPS) is 17.4. The molecular weight excluding hydrogens is 192 g/mol. The van der Waals surface area contributed by atoms with Crippen LogP contribution in [-0.2, 0) is 13.0 Å². The predicted molar refractivity (Wildman–Crippen MR) is 61.7 cm³/mol. The Morgan fingerprint density at radius 1 is 1.64 bits per heavy atom. The average molecular weight is 208 g/mol. The summed E-state index contributed by atoms with van der Waals surface area (Å²) in [6.45, 7) is 2.96. The fourth-order valence-electron chi connectivity index (χ4n) is 1.49. The second kappa shape index (κ2) is 4.13. The van der Waals surface area contributed by atoms with Crippen molar-refractivity contribution in [2.45, 2.75) is 32.7 Å². The van der Waals surface area contributed by atoms with Gasteiger partial charge in [0, 0.05) is 10.8 Å². The fourth-order valence-corrected chi connectivity index (χ4v) is 2.39. The van der Waals surface area contributed by atoms with Gasteiger partial charge in [0.25, 0.3) is 0 Å². The van der Waals surface area contributed by atoms with Crippen LogP contribution in [0.1, 0.15) is 30.2 Å². The van der Waals surface area contributed by atoms with Crippen molar-refractivity contribution in [1.82, 2.24) is 0 Å². The first-order chi connectivity index (χ1) is 6.81. The molecule has 2 nitrogen and oxygen atoms in total. The molecule has 76 valence electrons. The number of hydrogen-bond acceptors (Lipinski definition) is 2. The van der Waals surface area contributed by atoms with Crippen molar-refractivity contribution >= 4 is 17.2 Å². The molecule has 0 spiro atoms. The van der Waals surface area contributed by atoms with Gasteiger partial charge in [-0.3, -0.25) is 4.99 Å².